The molecule has 1 aliphatic rings. The van der Waals surface area contributed by atoms with Crippen LogP contribution < -0.4 is 5.56 Å². The van der Waals surface area contributed by atoms with Crippen molar-refractivity contribution in [3.8, 4) is 0 Å². The summed E-state index contributed by atoms with van der Waals surface area (Å²) in [7, 11) is 0. The number of carbonyl (C=O) groups excluding carboxylic acids is 1. The van der Waals surface area contributed by atoms with E-state index in [-0.39, 0.29) is 35.2 Å². The summed E-state index contributed by atoms with van der Waals surface area (Å²) < 4.78 is 71.6. The molecule has 186 valence electrons. The quantitative estimate of drug-likeness (QED) is 0.429. The van der Waals surface area contributed by atoms with Gasteiger partial charge in [0, 0.05) is 29.1 Å². The number of carbonyl (C=O) groups is 1. The van der Waals surface area contributed by atoms with Crippen molar-refractivity contribution in [2.45, 2.75) is 38.2 Å². The lowest BCUT2D eigenvalue weighted by Crippen LogP contribution is -2.45. The van der Waals surface area contributed by atoms with E-state index in [4.69, 9.17) is 0 Å². The van der Waals surface area contributed by atoms with E-state index < -0.39 is 46.7 Å². The first-order valence-electron chi connectivity index (χ1n) is 10.7. The van der Waals surface area contributed by atoms with Crippen LogP contribution in [0.1, 0.15) is 40.2 Å². The van der Waals surface area contributed by atoms with E-state index in [9.17, 15) is 22.8 Å². The van der Waals surface area contributed by atoms with E-state index >= 15 is 8.78 Å². The summed E-state index contributed by atoms with van der Waals surface area (Å²) in [6, 6.07) is 9.88. The lowest BCUT2D eigenvalue weighted by molar-refractivity contribution is -0.148. The molecule has 2 aromatic heterocycles. The molecular formula is C23H17F5N6O2. The Morgan fingerprint density at radius 1 is 1.03 bits per heavy atom. The highest BCUT2D eigenvalue weighted by molar-refractivity contribution is 5.94. The van der Waals surface area contributed by atoms with Gasteiger partial charge in [-0.1, -0.05) is 30.3 Å². The van der Waals surface area contributed by atoms with Gasteiger partial charge >= 0.3 is 12.1 Å². The van der Waals surface area contributed by atoms with Crippen LogP contribution >= 0.6 is 0 Å². The fourth-order valence-corrected chi connectivity index (χ4v) is 4.30. The van der Waals surface area contributed by atoms with E-state index in [1.807, 2.05) is 0 Å². The van der Waals surface area contributed by atoms with Gasteiger partial charge in [-0.3, -0.25) is 9.59 Å². The minimum atomic E-state index is -4.70. The van der Waals surface area contributed by atoms with Crippen molar-refractivity contribution < 1.29 is 26.7 Å². The van der Waals surface area contributed by atoms with Gasteiger partial charge in [0.2, 0.25) is 5.82 Å². The molecule has 1 N–H and O–H groups in total. The molecule has 5 rings (SSSR count). The molecule has 1 amide bonds. The third-order valence-electron chi connectivity index (χ3n) is 6.10. The number of H-pyrrole nitrogens is 1. The Morgan fingerprint density at radius 3 is 2.47 bits per heavy atom. The maximum Gasteiger partial charge on any atom is 0.451 e. The molecule has 4 aromatic rings. The van der Waals surface area contributed by atoms with E-state index in [0.29, 0.717) is 0 Å². The first-order chi connectivity index (χ1) is 17.0. The van der Waals surface area contributed by atoms with Crippen molar-refractivity contribution in [1.29, 1.82) is 0 Å². The highest BCUT2D eigenvalue weighted by atomic mass is 19.4. The number of nitrogens with one attached hydrogen (secondary N) is 1. The highest BCUT2D eigenvalue weighted by Crippen LogP contribution is 2.38. The summed E-state index contributed by atoms with van der Waals surface area (Å²) >= 11 is 0. The maximum absolute atomic E-state index is 15.6. The number of alkyl halides is 5. The summed E-state index contributed by atoms with van der Waals surface area (Å²) in [5, 5.41) is 12.4. The molecule has 13 heteroatoms. The standard InChI is InChI=1S/C23H17F5N6O2/c1-12-10-34-17(29-32-21(34)23(26,27)28)11-33(12)20(36)13-5-4-6-14(9-13)22(24,25)18-15-7-2-3-8-16(15)19(35)31-30-18/h2-9,12H,10-11H2,1H3,(H,31,35)/t12-/m0/s1. The minimum absolute atomic E-state index is 0.0348. The van der Waals surface area contributed by atoms with Crippen LogP contribution in [0.15, 0.2) is 53.3 Å². The third kappa shape index (κ3) is 3.80. The first-order valence-corrected chi connectivity index (χ1v) is 10.7. The highest BCUT2D eigenvalue weighted by Gasteiger charge is 2.42. The second kappa shape index (κ2) is 8.21. The van der Waals surface area contributed by atoms with Crippen LogP contribution in [0, 0.1) is 0 Å². The number of halogens is 5. The predicted molar refractivity (Wildman–Crippen MR) is 116 cm³/mol. The van der Waals surface area contributed by atoms with Gasteiger partial charge in [-0.2, -0.15) is 27.1 Å². The average Bonchev–Trinajstić information content (AvgIpc) is 3.26. The van der Waals surface area contributed by atoms with E-state index in [1.54, 1.807) is 6.92 Å². The van der Waals surface area contributed by atoms with E-state index in [0.717, 1.165) is 16.7 Å². The van der Waals surface area contributed by atoms with Gasteiger partial charge in [-0.25, -0.2) is 5.10 Å². The van der Waals surface area contributed by atoms with Crippen molar-refractivity contribution >= 4 is 16.7 Å². The van der Waals surface area contributed by atoms with Crippen molar-refractivity contribution in [2.24, 2.45) is 0 Å². The molecule has 1 aliphatic heterocycles. The zero-order valence-electron chi connectivity index (χ0n) is 18.6. The summed E-state index contributed by atoms with van der Waals surface area (Å²) in [6.45, 7) is 1.08. The number of aromatic nitrogens is 5. The first kappa shape index (κ1) is 23.6. The largest absolute Gasteiger partial charge is 0.451 e. The average molecular weight is 504 g/mol. The molecule has 0 saturated heterocycles. The number of hydrogen-bond donors (Lipinski definition) is 1. The van der Waals surface area contributed by atoms with Gasteiger partial charge in [0.25, 0.3) is 11.5 Å². The van der Waals surface area contributed by atoms with Crippen LogP contribution in [0.5, 0.6) is 0 Å². The number of aromatic amines is 1. The van der Waals surface area contributed by atoms with Crippen molar-refractivity contribution in [3.63, 3.8) is 0 Å². The summed E-state index contributed by atoms with van der Waals surface area (Å²) in [4.78, 5) is 26.5. The van der Waals surface area contributed by atoms with Gasteiger partial charge in [0.1, 0.15) is 5.69 Å². The monoisotopic (exact) mass is 504 g/mol. The number of fused-ring (bicyclic) bond motifs is 2. The number of amides is 1. The minimum Gasteiger partial charge on any atom is -0.327 e. The fraction of sp³-hybridized carbons (Fsp3) is 0.261. The smallest absolute Gasteiger partial charge is 0.327 e. The molecule has 3 heterocycles. The van der Waals surface area contributed by atoms with Crippen LogP contribution in [0.25, 0.3) is 10.8 Å². The fourth-order valence-electron chi connectivity index (χ4n) is 4.30. The molecule has 8 nitrogen and oxygen atoms in total. The van der Waals surface area contributed by atoms with Gasteiger partial charge in [0.15, 0.2) is 5.82 Å². The van der Waals surface area contributed by atoms with Crippen molar-refractivity contribution in [2.75, 3.05) is 0 Å². The Bertz CT molecular complexity index is 1540. The van der Waals surface area contributed by atoms with E-state index in [1.165, 1.54) is 41.3 Å². The van der Waals surface area contributed by atoms with Crippen molar-refractivity contribution in [1.82, 2.24) is 29.9 Å². The zero-order chi connectivity index (χ0) is 25.8. The SMILES string of the molecule is C[C@H]1Cn2c(nnc2C(F)(F)F)CN1C(=O)c1cccc(C(F)(F)c2n[nH]c(=O)c3ccccc23)c1. The number of hydrogen-bond acceptors (Lipinski definition) is 5. The van der Waals surface area contributed by atoms with E-state index in [2.05, 4.69) is 20.4 Å². The Labute approximate surface area is 199 Å². The van der Waals surface area contributed by atoms with Crippen LogP contribution in [-0.2, 0) is 25.2 Å². The van der Waals surface area contributed by atoms with Crippen LogP contribution in [0.2, 0.25) is 0 Å². The Hall–Kier alpha value is -4.16. The number of benzene rings is 2. The molecular weight excluding hydrogens is 487 g/mol. The molecule has 0 unspecified atom stereocenters. The zero-order valence-corrected chi connectivity index (χ0v) is 18.6. The molecule has 0 fully saturated rings. The molecule has 0 saturated carbocycles. The lowest BCUT2D eigenvalue weighted by atomic mass is 9.98. The molecule has 36 heavy (non-hydrogen) atoms. The Kier molecular flexibility index (Phi) is 5.38. The van der Waals surface area contributed by atoms with Gasteiger partial charge in [-0.15, -0.1) is 10.2 Å². The molecule has 0 radical (unpaired) electrons. The lowest BCUT2D eigenvalue weighted by Gasteiger charge is -2.34. The normalized spacial score (nSPS) is 16.3. The molecule has 2 aromatic carbocycles. The van der Waals surface area contributed by atoms with Gasteiger partial charge < -0.3 is 9.47 Å². The second-order valence-electron chi connectivity index (χ2n) is 8.43. The number of nitrogens with zero attached hydrogens (tertiary/aromatic N) is 5. The second-order valence-corrected chi connectivity index (χ2v) is 8.43. The summed E-state index contributed by atoms with van der Waals surface area (Å²) in [5.74, 6) is -5.53. The van der Waals surface area contributed by atoms with Crippen LogP contribution in [0.3, 0.4) is 0 Å². The molecule has 1 atom stereocenters. The predicted octanol–water partition coefficient (Wildman–Crippen LogP) is 3.72. The number of rotatable bonds is 3. The summed E-state index contributed by atoms with van der Waals surface area (Å²) in [6.07, 6.45) is -4.70. The molecule has 0 aliphatic carbocycles. The molecule has 0 spiro atoms. The molecule has 0 bridgehead atoms. The van der Waals surface area contributed by atoms with Crippen molar-refractivity contribution in [3.05, 3.63) is 87.4 Å². The van der Waals surface area contributed by atoms with Crippen LogP contribution in [0.4, 0.5) is 22.0 Å². The topological polar surface area (TPSA) is 96.8 Å². The summed E-state index contributed by atoms with van der Waals surface area (Å²) in [5.41, 5.74) is -1.92. The maximum atomic E-state index is 15.6. The van der Waals surface area contributed by atoms with Crippen LogP contribution in [-0.4, -0.2) is 41.8 Å². The Morgan fingerprint density at radius 2 is 1.75 bits per heavy atom. The third-order valence-corrected chi connectivity index (χ3v) is 6.10. The Balaban J connectivity index is 1.49. The van der Waals surface area contributed by atoms with Gasteiger partial charge in [0.05, 0.1) is 11.9 Å². The van der Waals surface area contributed by atoms with Gasteiger partial charge in [-0.05, 0) is 25.1 Å².